The molecule has 0 saturated carbocycles. The van der Waals surface area contributed by atoms with Crippen molar-refractivity contribution >= 4 is 15.7 Å². The Kier molecular flexibility index (Phi) is 3.53. The van der Waals surface area contributed by atoms with E-state index >= 15 is 0 Å². The SMILES string of the molecule is O=C1C[C@@H]2CS(=O)(=O)C[C@H]2N1CCN1CCOCC1. The molecule has 3 saturated heterocycles. The molecule has 0 aromatic carbocycles. The van der Waals surface area contributed by atoms with Crippen LogP contribution in [0, 0.1) is 5.92 Å². The van der Waals surface area contributed by atoms with Gasteiger partial charge < -0.3 is 9.64 Å². The molecule has 1 amide bonds. The van der Waals surface area contributed by atoms with E-state index in [9.17, 15) is 13.2 Å². The highest BCUT2D eigenvalue weighted by molar-refractivity contribution is 7.91. The Morgan fingerprint density at radius 1 is 1.16 bits per heavy atom. The first-order chi connectivity index (χ1) is 9.05. The summed E-state index contributed by atoms with van der Waals surface area (Å²) in [6.07, 6.45) is 0.410. The fourth-order valence-electron chi connectivity index (χ4n) is 3.33. The van der Waals surface area contributed by atoms with E-state index in [0.717, 1.165) is 32.8 Å². The fourth-order valence-corrected chi connectivity index (χ4v) is 5.43. The van der Waals surface area contributed by atoms with E-state index < -0.39 is 9.84 Å². The lowest BCUT2D eigenvalue weighted by Crippen LogP contribution is -2.44. The number of likely N-dealkylation sites (tertiary alicyclic amines) is 1. The van der Waals surface area contributed by atoms with Crippen molar-refractivity contribution in [3.05, 3.63) is 0 Å². The van der Waals surface area contributed by atoms with Crippen LogP contribution in [0.2, 0.25) is 0 Å². The Labute approximate surface area is 113 Å². The van der Waals surface area contributed by atoms with E-state index in [-0.39, 0.29) is 29.4 Å². The number of fused-ring (bicyclic) bond motifs is 1. The second-order valence-corrected chi connectivity index (χ2v) is 7.80. The summed E-state index contributed by atoms with van der Waals surface area (Å²) >= 11 is 0. The van der Waals surface area contributed by atoms with Crippen LogP contribution < -0.4 is 0 Å². The topological polar surface area (TPSA) is 66.9 Å². The van der Waals surface area contributed by atoms with Crippen LogP contribution in [0.25, 0.3) is 0 Å². The van der Waals surface area contributed by atoms with Gasteiger partial charge in [0.05, 0.1) is 24.7 Å². The molecule has 0 N–H and O–H groups in total. The molecule has 3 fully saturated rings. The highest BCUT2D eigenvalue weighted by Crippen LogP contribution is 2.33. The first-order valence-electron chi connectivity index (χ1n) is 6.85. The molecule has 3 aliphatic heterocycles. The van der Waals surface area contributed by atoms with Gasteiger partial charge in [0.1, 0.15) is 0 Å². The normalized spacial score (nSPS) is 34.7. The molecule has 3 aliphatic rings. The maximum absolute atomic E-state index is 12.0. The first kappa shape index (κ1) is 13.3. The van der Waals surface area contributed by atoms with Crippen LogP contribution >= 0.6 is 0 Å². The molecule has 0 bridgehead atoms. The molecule has 19 heavy (non-hydrogen) atoms. The standard InChI is InChI=1S/C12H20N2O4S/c15-12-7-10-8-19(16,17)9-11(10)14(12)2-1-13-3-5-18-6-4-13/h10-11H,1-9H2/t10-,11-/m1/s1. The number of morpholine rings is 1. The first-order valence-corrected chi connectivity index (χ1v) is 8.67. The van der Waals surface area contributed by atoms with Crippen molar-refractivity contribution in [3.63, 3.8) is 0 Å². The smallest absolute Gasteiger partial charge is 0.223 e. The molecule has 2 atom stereocenters. The third-order valence-corrected chi connectivity index (χ3v) is 6.14. The van der Waals surface area contributed by atoms with Crippen LogP contribution in [0.5, 0.6) is 0 Å². The fraction of sp³-hybridized carbons (Fsp3) is 0.917. The number of hydrogen-bond donors (Lipinski definition) is 0. The average molecular weight is 288 g/mol. The summed E-state index contributed by atoms with van der Waals surface area (Å²) in [5.41, 5.74) is 0. The number of rotatable bonds is 3. The van der Waals surface area contributed by atoms with Crippen LogP contribution in [0.3, 0.4) is 0 Å². The molecule has 3 rings (SSSR count). The van der Waals surface area contributed by atoms with Crippen LogP contribution in [-0.4, -0.2) is 81.1 Å². The minimum absolute atomic E-state index is 0.0298. The van der Waals surface area contributed by atoms with Gasteiger partial charge in [-0.15, -0.1) is 0 Å². The van der Waals surface area contributed by atoms with Crippen molar-refractivity contribution < 1.29 is 17.9 Å². The van der Waals surface area contributed by atoms with E-state index in [1.165, 1.54) is 0 Å². The van der Waals surface area contributed by atoms with Crippen molar-refractivity contribution in [1.29, 1.82) is 0 Å². The van der Waals surface area contributed by atoms with Gasteiger partial charge in [-0.3, -0.25) is 9.69 Å². The molecular weight excluding hydrogens is 268 g/mol. The number of hydrogen-bond acceptors (Lipinski definition) is 5. The van der Waals surface area contributed by atoms with E-state index in [2.05, 4.69) is 4.90 Å². The van der Waals surface area contributed by atoms with Gasteiger partial charge >= 0.3 is 0 Å². The van der Waals surface area contributed by atoms with Gasteiger partial charge in [-0.1, -0.05) is 0 Å². The van der Waals surface area contributed by atoms with Crippen molar-refractivity contribution in [2.45, 2.75) is 12.5 Å². The van der Waals surface area contributed by atoms with Gasteiger partial charge in [-0.2, -0.15) is 0 Å². The summed E-state index contributed by atoms with van der Waals surface area (Å²) in [5, 5.41) is 0. The van der Waals surface area contributed by atoms with Gasteiger partial charge in [-0.05, 0) is 0 Å². The zero-order valence-electron chi connectivity index (χ0n) is 11.0. The quantitative estimate of drug-likeness (QED) is 0.664. The van der Waals surface area contributed by atoms with E-state index in [1.54, 1.807) is 4.90 Å². The Morgan fingerprint density at radius 3 is 2.63 bits per heavy atom. The van der Waals surface area contributed by atoms with Crippen molar-refractivity contribution in [2.75, 3.05) is 50.9 Å². The number of nitrogens with zero attached hydrogens (tertiary/aromatic N) is 2. The second-order valence-electron chi connectivity index (χ2n) is 5.65. The maximum atomic E-state index is 12.0. The molecule has 0 unspecified atom stereocenters. The number of carbonyl (C=O) groups excluding carboxylic acids is 1. The number of sulfone groups is 1. The van der Waals surface area contributed by atoms with Crippen LogP contribution in [-0.2, 0) is 19.4 Å². The summed E-state index contributed by atoms with van der Waals surface area (Å²) < 4.78 is 28.6. The summed E-state index contributed by atoms with van der Waals surface area (Å²) in [6, 6.07) is -0.0708. The molecule has 0 aliphatic carbocycles. The van der Waals surface area contributed by atoms with E-state index in [0.29, 0.717) is 13.0 Å². The third-order valence-electron chi connectivity index (χ3n) is 4.36. The predicted octanol–water partition coefficient (Wildman–Crippen LogP) is -1.04. The van der Waals surface area contributed by atoms with Gasteiger partial charge in [0.2, 0.25) is 5.91 Å². The highest BCUT2D eigenvalue weighted by atomic mass is 32.2. The molecule has 3 heterocycles. The highest BCUT2D eigenvalue weighted by Gasteiger charge is 2.48. The Morgan fingerprint density at radius 2 is 1.89 bits per heavy atom. The molecule has 0 spiro atoms. The lowest BCUT2D eigenvalue weighted by atomic mass is 10.1. The Balaban J connectivity index is 1.59. The van der Waals surface area contributed by atoms with E-state index in [4.69, 9.17) is 4.74 Å². The number of amides is 1. The van der Waals surface area contributed by atoms with Crippen LogP contribution in [0.4, 0.5) is 0 Å². The maximum Gasteiger partial charge on any atom is 0.223 e. The molecular formula is C12H20N2O4S. The lowest BCUT2D eigenvalue weighted by Gasteiger charge is -2.30. The van der Waals surface area contributed by atoms with Crippen molar-refractivity contribution in [3.8, 4) is 0 Å². The third kappa shape index (κ3) is 2.78. The summed E-state index contributed by atoms with van der Waals surface area (Å²) in [6.45, 7) is 4.75. The summed E-state index contributed by atoms with van der Waals surface area (Å²) in [7, 11) is -2.93. The largest absolute Gasteiger partial charge is 0.379 e. The monoisotopic (exact) mass is 288 g/mol. The molecule has 6 nitrogen and oxygen atoms in total. The molecule has 0 aromatic heterocycles. The van der Waals surface area contributed by atoms with Crippen molar-refractivity contribution in [2.24, 2.45) is 5.92 Å². The zero-order valence-corrected chi connectivity index (χ0v) is 11.8. The Bertz CT molecular complexity index is 458. The Hall–Kier alpha value is -0.660. The molecule has 0 radical (unpaired) electrons. The second kappa shape index (κ2) is 5.03. The summed E-state index contributed by atoms with van der Waals surface area (Å²) in [5.74, 6) is 0.504. The van der Waals surface area contributed by atoms with Crippen LogP contribution in [0.15, 0.2) is 0 Å². The molecule has 108 valence electrons. The van der Waals surface area contributed by atoms with Crippen molar-refractivity contribution in [1.82, 2.24) is 9.80 Å². The summed E-state index contributed by atoms with van der Waals surface area (Å²) in [4.78, 5) is 16.0. The minimum atomic E-state index is -2.93. The average Bonchev–Trinajstić information content (AvgIpc) is 2.79. The molecule has 0 aromatic rings. The molecule has 7 heteroatoms. The van der Waals surface area contributed by atoms with E-state index in [1.807, 2.05) is 0 Å². The minimum Gasteiger partial charge on any atom is -0.379 e. The predicted molar refractivity (Wildman–Crippen MR) is 69.5 cm³/mol. The van der Waals surface area contributed by atoms with Gasteiger partial charge in [0, 0.05) is 44.6 Å². The van der Waals surface area contributed by atoms with Gasteiger partial charge in [-0.25, -0.2) is 8.42 Å². The zero-order chi connectivity index (χ0) is 13.5. The van der Waals surface area contributed by atoms with Crippen LogP contribution in [0.1, 0.15) is 6.42 Å². The number of ether oxygens (including phenoxy) is 1. The van der Waals surface area contributed by atoms with Gasteiger partial charge in [0.15, 0.2) is 9.84 Å². The van der Waals surface area contributed by atoms with Gasteiger partial charge in [0.25, 0.3) is 0 Å². The number of carbonyl (C=O) groups is 1. The lowest BCUT2D eigenvalue weighted by molar-refractivity contribution is -0.129.